The van der Waals surface area contributed by atoms with Gasteiger partial charge in [-0.15, -0.1) is 11.3 Å². The lowest BCUT2D eigenvalue weighted by Gasteiger charge is -2.38. The van der Waals surface area contributed by atoms with Gasteiger partial charge in [-0.3, -0.25) is 4.79 Å². The summed E-state index contributed by atoms with van der Waals surface area (Å²) in [6.07, 6.45) is 4.94. The molecule has 0 spiro atoms. The first-order valence-electron chi connectivity index (χ1n) is 9.27. The second-order valence-electron chi connectivity index (χ2n) is 6.78. The minimum atomic E-state index is -0.239. The molecule has 0 bridgehead atoms. The molecule has 134 valence electrons. The molecular formula is C21H26FNOS. The van der Waals surface area contributed by atoms with Gasteiger partial charge >= 0.3 is 0 Å². The smallest absolute Gasteiger partial charge is 0.226 e. The molecule has 0 saturated heterocycles. The molecule has 0 fully saturated rings. The molecule has 2 atom stereocenters. The van der Waals surface area contributed by atoms with E-state index in [1.807, 2.05) is 17.0 Å². The molecule has 0 radical (unpaired) electrons. The zero-order chi connectivity index (χ0) is 17.8. The van der Waals surface area contributed by atoms with Crippen molar-refractivity contribution in [3.63, 3.8) is 0 Å². The first kappa shape index (κ1) is 18.1. The van der Waals surface area contributed by atoms with Crippen molar-refractivity contribution in [1.82, 2.24) is 4.90 Å². The van der Waals surface area contributed by atoms with Gasteiger partial charge in [0.25, 0.3) is 0 Å². The van der Waals surface area contributed by atoms with E-state index in [-0.39, 0.29) is 23.7 Å². The van der Waals surface area contributed by atoms with E-state index in [1.165, 1.54) is 22.6 Å². The van der Waals surface area contributed by atoms with E-state index in [0.717, 1.165) is 44.2 Å². The average Bonchev–Trinajstić information content (AvgIpc) is 3.11. The quantitative estimate of drug-likeness (QED) is 0.659. The topological polar surface area (TPSA) is 20.3 Å². The molecule has 3 rings (SSSR count). The summed E-state index contributed by atoms with van der Waals surface area (Å²) in [5, 5.41) is 2.10. The Hall–Kier alpha value is -1.68. The molecule has 2 nitrogen and oxygen atoms in total. The van der Waals surface area contributed by atoms with Crippen LogP contribution in [0.5, 0.6) is 0 Å². The van der Waals surface area contributed by atoms with Gasteiger partial charge in [-0.05, 0) is 54.0 Å². The zero-order valence-corrected chi connectivity index (χ0v) is 15.8. The van der Waals surface area contributed by atoms with E-state index < -0.39 is 0 Å². The van der Waals surface area contributed by atoms with Crippen LogP contribution in [0, 0.1) is 11.7 Å². The van der Waals surface area contributed by atoms with Crippen LogP contribution < -0.4 is 0 Å². The average molecular weight is 360 g/mol. The monoisotopic (exact) mass is 359 g/mol. The first-order chi connectivity index (χ1) is 12.2. The summed E-state index contributed by atoms with van der Waals surface area (Å²) in [7, 11) is 0. The van der Waals surface area contributed by atoms with Gasteiger partial charge in [-0.1, -0.05) is 38.8 Å². The molecule has 1 amide bonds. The molecule has 1 aliphatic rings. The van der Waals surface area contributed by atoms with E-state index in [9.17, 15) is 9.18 Å². The number of fused-ring (bicyclic) bond motifs is 1. The third-order valence-corrected chi connectivity index (χ3v) is 6.18. The second-order valence-corrected chi connectivity index (χ2v) is 7.78. The number of carbonyl (C=O) groups excluding carboxylic acids is 1. The number of halogens is 1. The van der Waals surface area contributed by atoms with Crippen LogP contribution in [0.4, 0.5) is 4.39 Å². The van der Waals surface area contributed by atoms with E-state index >= 15 is 0 Å². The molecule has 1 aromatic carbocycles. The number of benzene rings is 1. The van der Waals surface area contributed by atoms with Crippen molar-refractivity contribution in [3.05, 3.63) is 57.5 Å². The van der Waals surface area contributed by atoms with Crippen LogP contribution in [0.1, 0.15) is 61.6 Å². The number of amides is 1. The Morgan fingerprint density at radius 1 is 1.28 bits per heavy atom. The third kappa shape index (κ3) is 3.79. The van der Waals surface area contributed by atoms with Gasteiger partial charge in [0.15, 0.2) is 0 Å². The summed E-state index contributed by atoms with van der Waals surface area (Å²) in [4.78, 5) is 16.7. The van der Waals surface area contributed by atoms with Crippen molar-refractivity contribution in [2.24, 2.45) is 5.92 Å². The molecule has 0 N–H and O–H groups in total. The minimum Gasteiger partial charge on any atom is -0.331 e. The lowest BCUT2D eigenvalue weighted by Crippen LogP contribution is -2.43. The number of carbonyl (C=O) groups is 1. The number of unbranched alkanes of at least 4 members (excludes halogenated alkanes) is 1. The highest BCUT2D eigenvalue weighted by atomic mass is 32.1. The van der Waals surface area contributed by atoms with Crippen LogP contribution in [0.3, 0.4) is 0 Å². The summed E-state index contributed by atoms with van der Waals surface area (Å²) in [5.41, 5.74) is 2.21. The largest absolute Gasteiger partial charge is 0.331 e. The Labute approximate surface area is 153 Å². The van der Waals surface area contributed by atoms with Crippen LogP contribution in [0.25, 0.3) is 0 Å². The number of hydrogen-bond donors (Lipinski definition) is 0. The van der Waals surface area contributed by atoms with Crippen molar-refractivity contribution in [1.29, 1.82) is 0 Å². The molecule has 25 heavy (non-hydrogen) atoms. The third-order valence-electron chi connectivity index (χ3n) is 5.18. The molecule has 0 saturated carbocycles. The van der Waals surface area contributed by atoms with Crippen LogP contribution in [0.15, 0.2) is 35.7 Å². The van der Waals surface area contributed by atoms with Crippen molar-refractivity contribution in [2.75, 3.05) is 6.54 Å². The number of rotatable bonds is 6. The minimum absolute atomic E-state index is 0.0845. The Morgan fingerprint density at radius 2 is 2.04 bits per heavy atom. The van der Waals surface area contributed by atoms with Gasteiger partial charge < -0.3 is 4.90 Å². The predicted octanol–water partition coefficient (Wildman–Crippen LogP) is 5.58. The second kappa shape index (κ2) is 8.13. The fourth-order valence-corrected chi connectivity index (χ4v) is 4.65. The van der Waals surface area contributed by atoms with E-state index in [4.69, 9.17) is 0 Å². The summed E-state index contributed by atoms with van der Waals surface area (Å²) in [6, 6.07) is 8.67. The van der Waals surface area contributed by atoms with Crippen LogP contribution in [-0.2, 0) is 11.2 Å². The van der Waals surface area contributed by atoms with Gasteiger partial charge in [0.1, 0.15) is 5.82 Å². The maximum atomic E-state index is 13.4. The summed E-state index contributed by atoms with van der Waals surface area (Å²) in [5.74, 6) is 0.0996. The van der Waals surface area contributed by atoms with E-state index in [1.54, 1.807) is 11.3 Å². The maximum absolute atomic E-state index is 13.4. The lowest BCUT2D eigenvalue weighted by molar-refractivity contribution is -0.138. The Morgan fingerprint density at radius 3 is 2.72 bits per heavy atom. The molecule has 1 aliphatic heterocycles. The van der Waals surface area contributed by atoms with Crippen molar-refractivity contribution < 1.29 is 9.18 Å². The molecule has 2 aromatic rings. The van der Waals surface area contributed by atoms with E-state index in [2.05, 4.69) is 25.3 Å². The predicted molar refractivity (Wildman–Crippen MR) is 101 cm³/mol. The van der Waals surface area contributed by atoms with Gasteiger partial charge in [0.2, 0.25) is 5.91 Å². The fraction of sp³-hybridized carbons (Fsp3) is 0.476. The molecule has 2 heterocycles. The SMILES string of the molecule is CCCCC(CC)C(=O)N1CCc2sccc2C1c1ccc(F)cc1. The highest BCUT2D eigenvalue weighted by Gasteiger charge is 2.35. The molecule has 2 unspecified atom stereocenters. The van der Waals surface area contributed by atoms with Crippen LogP contribution in [0.2, 0.25) is 0 Å². The fourth-order valence-electron chi connectivity index (χ4n) is 3.75. The highest BCUT2D eigenvalue weighted by molar-refractivity contribution is 7.10. The van der Waals surface area contributed by atoms with Crippen molar-refractivity contribution in [3.8, 4) is 0 Å². The zero-order valence-electron chi connectivity index (χ0n) is 15.0. The van der Waals surface area contributed by atoms with Gasteiger partial charge in [0, 0.05) is 17.3 Å². The molecule has 4 heteroatoms. The van der Waals surface area contributed by atoms with Gasteiger partial charge in [-0.2, -0.15) is 0 Å². The van der Waals surface area contributed by atoms with Crippen LogP contribution in [-0.4, -0.2) is 17.4 Å². The van der Waals surface area contributed by atoms with Gasteiger partial charge in [0.05, 0.1) is 6.04 Å². The summed E-state index contributed by atoms with van der Waals surface area (Å²) < 4.78 is 13.4. The van der Waals surface area contributed by atoms with Crippen molar-refractivity contribution >= 4 is 17.2 Å². The normalized spacial score (nSPS) is 18.0. The van der Waals surface area contributed by atoms with Crippen LogP contribution >= 0.6 is 11.3 Å². The first-order valence-corrected chi connectivity index (χ1v) is 10.2. The number of thiophene rings is 1. The Kier molecular flexibility index (Phi) is 5.89. The standard InChI is InChI=1S/C21H26FNOS/c1-3-5-6-15(4-2)21(24)23-13-11-19-18(12-14-25-19)20(23)16-7-9-17(22)10-8-16/h7-10,12,14-15,20H,3-6,11,13H2,1-2H3. The number of nitrogens with zero attached hydrogens (tertiary/aromatic N) is 1. The molecular weight excluding hydrogens is 333 g/mol. The highest BCUT2D eigenvalue weighted by Crippen LogP contribution is 2.39. The lowest BCUT2D eigenvalue weighted by atomic mass is 9.90. The maximum Gasteiger partial charge on any atom is 0.226 e. The summed E-state index contributed by atoms with van der Waals surface area (Å²) >= 11 is 1.76. The van der Waals surface area contributed by atoms with E-state index in [0.29, 0.717) is 0 Å². The summed E-state index contributed by atoms with van der Waals surface area (Å²) in [6.45, 7) is 5.01. The number of hydrogen-bond acceptors (Lipinski definition) is 2. The molecule has 1 aromatic heterocycles. The molecule has 0 aliphatic carbocycles. The van der Waals surface area contributed by atoms with Crippen molar-refractivity contribution in [2.45, 2.75) is 52.0 Å². The Balaban J connectivity index is 1.94. The Bertz CT molecular complexity index is 709. The van der Waals surface area contributed by atoms with Gasteiger partial charge in [-0.25, -0.2) is 4.39 Å².